The Morgan fingerprint density at radius 2 is 2.17 bits per heavy atom. The molecular weight excluding hydrogens is 290 g/mol. The molecule has 5 nitrogen and oxygen atoms in total. The first-order chi connectivity index (χ1) is 11.1. The van der Waals surface area contributed by atoms with Crippen molar-refractivity contribution in [2.45, 2.75) is 26.7 Å². The Kier molecular flexibility index (Phi) is 4.76. The van der Waals surface area contributed by atoms with Gasteiger partial charge in [0.1, 0.15) is 5.69 Å². The van der Waals surface area contributed by atoms with Crippen LogP contribution in [-0.4, -0.2) is 35.6 Å². The van der Waals surface area contributed by atoms with Crippen molar-refractivity contribution < 1.29 is 9.32 Å². The number of carbonyl (C=O) groups is 1. The largest absolute Gasteiger partial charge is 0.338 e. The Balaban J connectivity index is 1.58. The summed E-state index contributed by atoms with van der Waals surface area (Å²) in [4.78, 5) is 14.3. The predicted octanol–water partition coefficient (Wildman–Crippen LogP) is 3.32. The lowest BCUT2D eigenvalue weighted by Gasteiger charge is -2.29. The van der Waals surface area contributed by atoms with Gasteiger partial charge < -0.3 is 4.52 Å². The number of rotatable bonds is 4. The zero-order chi connectivity index (χ0) is 16.2. The summed E-state index contributed by atoms with van der Waals surface area (Å²) in [6.07, 6.45) is 2.41. The molecule has 1 aromatic heterocycles. The Bertz CT molecular complexity index is 663. The van der Waals surface area contributed by atoms with Crippen molar-refractivity contribution in [2.24, 2.45) is 5.92 Å². The number of benzene rings is 1. The van der Waals surface area contributed by atoms with Crippen molar-refractivity contribution in [1.82, 2.24) is 10.1 Å². The molecule has 23 heavy (non-hydrogen) atoms. The third-order valence-corrected chi connectivity index (χ3v) is 4.23. The van der Waals surface area contributed by atoms with Gasteiger partial charge in [0.2, 0.25) is 11.8 Å². The molecule has 1 saturated heterocycles. The van der Waals surface area contributed by atoms with Crippen LogP contribution in [0, 0.1) is 12.8 Å². The fraction of sp³-hybridized carbons (Fsp3) is 0.444. The maximum atomic E-state index is 12.1. The molecule has 3 rings (SSSR count). The number of aromatic nitrogens is 1. The molecule has 0 radical (unpaired) electrons. The lowest BCUT2D eigenvalue weighted by molar-refractivity contribution is -0.117. The summed E-state index contributed by atoms with van der Waals surface area (Å²) in [6.45, 7) is 6.65. The van der Waals surface area contributed by atoms with Crippen LogP contribution in [0.25, 0.3) is 11.3 Å². The van der Waals surface area contributed by atoms with Crippen molar-refractivity contribution in [2.75, 3.05) is 25.0 Å². The normalized spacial score (nSPS) is 18.8. The summed E-state index contributed by atoms with van der Waals surface area (Å²) in [7, 11) is 0. The minimum Gasteiger partial charge on any atom is -0.338 e. The number of nitrogens with zero attached hydrogens (tertiary/aromatic N) is 2. The molecular formula is C18H23N3O2. The highest BCUT2D eigenvalue weighted by Gasteiger charge is 2.19. The summed E-state index contributed by atoms with van der Waals surface area (Å²) in [5.74, 6) is 1.01. The minimum absolute atomic E-state index is 0.0503. The van der Waals surface area contributed by atoms with Gasteiger partial charge in [0, 0.05) is 18.2 Å². The second-order valence-corrected chi connectivity index (χ2v) is 6.47. The third-order valence-electron chi connectivity index (χ3n) is 4.23. The second kappa shape index (κ2) is 6.96. The third kappa shape index (κ3) is 4.20. The quantitative estimate of drug-likeness (QED) is 0.940. The van der Waals surface area contributed by atoms with E-state index < -0.39 is 0 Å². The number of carbonyl (C=O) groups excluding carboxylic acids is 1. The van der Waals surface area contributed by atoms with E-state index in [9.17, 15) is 4.79 Å². The van der Waals surface area contributed by atoms with Gasteiger partial charge in [0.25, 0.3) is 0 Å². The first-order valence-corrected chi connectivity index (χ1v) is 8.16. The lowest BCUT2D eigenvalue weighted by Crippen LogP contribution is -2.39. The summed E-state index contributed by atoms with van der Waals surface area (Å²) >= 11 is 0. The van der Waals surface area contributed by atoms with Crippen molar-refractivity contribution in [3.63, 3.8) is 0 Å². The highest BCUT2D eigenvalue weighted by atomic mass is 16.5. The van der Waals surface area contributed by atoms with Gasteiger partial charge in [-0.1, -0.05) is 41.9 Å². The summed E-state index contributed by atoms with van der Waals surface area (Å²) in [5.41, 5.74) is 2.90. The van der Waals surface area contributed by atoms with E-state index in [1.165, 1.54) is 12.0 Å². The molecule has 0 unspecified atom stereocenters. The lowest BCUT2D eigenvalue weighted by atomic mass is 10.0. The zero-order valence-electron chi connectivity index (χ0n) is 13.7. The van der Waals surface area contributed by atoms with Crippen LogP contribution in [0.2, 0.25) is 0 Å². The van der Waals surface area contributed by atoms with Gasteiger partial charge >= 0.3 is 0 Å². The van der Waals surface area contributed by atoms with Gasteiger partial charge in [-0.2, -0.15) is 0 Å². The van der Waals surface area contributed by atoms with Crippen LogP contribution in [0.3, 0.4) is 0 Å². The van der Waals surface area contributed by atoms with E-state index in [0.29, 0.717) is 18.3 Å². The van der Waals surface area contributed by atoms with E-state index in [2.05, 4.69) is 22.3 Å². The topological polar surface area (TPSA) is 58.4 Å². The summed E-state index contributed by atoms with van der Waals surface area (Å²) in [5, 5.41) is 6.82. The standard InChI is InChI=1S/C18H23N3O2/c1-13-5-7-15(8-6-13)16-10-18(23-20-16)19-17(22)12-21-9-3-4-14(2)11-21/h5-8,10,14H,3-4,9,11-12H2,1-2H3,(H,19,22)/t14-/m1/s1. The first kappa shape index (κ1) is 15.7. The number of hydrogen-bond donors (Lipinski definition) is 1. The molecule has 0 bridgehead atoms. The van der Waals surface area contributed by atoms with Crippen LogP contribution in [0.4, 0.5) is 5.88 Å². The first-order valence-electron chi connectivity index (χ1n) is 8.16. The fourth-order valence-corrected chi connectivity index (χ4v) is 3.00. The molecule has 0 spiro atoms. The molecule has 1 aliphatic heterocycles. The van der Waals surface area contributed by atoms with Crippen molar-refractivity contribution in [1.29, 1.82) is 0 Å². The van der Waals surface area contributed by atoms with Gasteiger partial charge in [-0.25, -0.2) is 0 Å². The molecule has 1 atom stereocenters. The number of aryl methyl sites for hydroxylation is 1. The van der Waals surface area contributed by atoms with E-state index in [-0.39, 0.29) is 5.91 Å². The molecule has 0 saturated carbocycles. The van der Waals surface area contributed by atoms with Crippen LogP contribution < -0.4 is 5.32 Å². The van der Waals surface area contributed by atoms with Gasteiger partial charge in [-0.05, 0) is 32.2 Å². The molecule has 1 aliphatic rings. The Hall–Kier alpha value is -2.14. The maximum absolute atomic E-state index is 12.1. The number of hydrogen-bond acceptors (Lipinski definition) is 4. The highest BCUT2D eigenvalue weighted by molar-refractivity contribution is 5.91. The van der Waals surface area contributed by atoms with Crippen LogP contribution in [0.15, 0.2) is 34.9 Å². The SMILES string of the molecule is Cc1ccc(-c2cc(NC(=O)CN3CCC[C@@H](C)C3)on2)cc1. The molecule has 2 aromatic rings. The van der Waals surface area contributed by atoms with E-state index >= 15 is 0 Å². The second-order valence-electron chi connectivity index (χ2n) is 6.47. The Morgan fingerprint density at radius 1 is 1.39 bits per heavy atom. The smallest absolute Gasteiger partial charge is 0.240 e. The van der Waals surface area contributed by atoms with Crippen molar-refractivity contribution in [3.8, 4) is 11.3 Å². The maximum Gasteiger partial charge on any atom is 0.240 e. The number of amides is 1. The van der Waals surface area contributed by atoms with Crippen molar-refractivity contribution in [3.05, 3.63) is 35.9 Å². The molecule has 2 heterocycles. The predicted molar refractivity (Wildman–Crippen MR) is 90.1 cm³/mol. The monoisotopic (exact) mass is 313 g/mol. The Labute approximate surface area is 136 Å². The molecule has 122 valence electrons. The van der Waals surface area contributed by atoms with Gasteiger partial charge in [-0.3, -0.25) is 15.0 Å². The van der Waals surface area contributed by atoms with Gasteiger partial charge in [0.15, 0.2) is 0 Å². The van der Waals surface area contributed by atoms with E-state index in [0.717, 1.165) is 30.8 Å². The van der Waals surface area contributed by atoms with Crippen LogP contribution >= 0.6 is 0 Å². The van der Waals surface area contributed by atoms with Gasteiger partial charge in [-0.15, -0.1) is 0 Å². The summed E-state index contributed by atoms with van der Waals surface area (Å²) in [6, 6.07) is 9.81. The van der Waals surface area contributed by atoms with E-state index in [1.807, 2.05) is 31.2 Å². The van der Waals surface area contributed by atoms with E-state index in [4.69, 9.17) is 4.52 Å². The van der Waals surface area contributed by atoms with Gasteiger partial charge in [0.05, 0.1) is 6.54 Å². The number of nitrogens with one attached hydrogen (secondary N) is 1. The van der Waals surface area contributed by atoms with Crippen LogP contribution in [0.5, 0.6) is 0 Å². The molecule has 1 aromatic carbocycles. The van der Waals surface area contributed by atoms with Crippen LogP contribution in [0.1, 0.15) is 25.3 Å². The number of piperidine rings is 1. The van der Waals surface area contributed by atoms with E-state index in [1.54, 1.807) is 6.07 Å². The molecule has 0 aliphatic carbocycles. The fourth-order valence-electron chi connectivity index (χ4n) is 3.00. The molecule has 1 N–H and O–H groups in total. The summed E-state index contributed by atoms with van der Waals surface area (Å²) < 4.78 is 5.23. The average molecular weight is 313 g/mol. The van der Waals surface area contributed by atoms with Crippen molar-refractivity contribution >= 4 is 11.8 Å². The Morgan fingerprint density at radius 3 is 2.91 bits per heavy atom. The zero-order valence-corrected chi connectivity index (χ0v) is 13.7. The molecule has 1 amide bonds. The minimum atomic E-state index is -0.0503. The highest BCUT2D eigenvalue weighted by Crippen LogP contribution is 2.22. The molecule has 1 fully saturated rings. The average Bonchev–Trinajstić information content (AvgIpc) is 2.96. The number of anilines is 1. The number of likely N-dealkylation sites (tertiary alicyclic amines) is 1. The molecule has 5 heteroatoms. The van der Waals surface area contributed by atoms with Crippen LogP contribution in [-0.2, 0) is 4.79 Å².